The van der Waals surface area contributed by atoms with Gasteiger partial charge in [-0.05, 0) is 25.0 Å². The van der Waals surface area contributed by atoms with Crippen molar-refractivity contribution in [1.29, 1.82) is 0 Å². The van der Waals surface area contributed by atoms with Gasteiger partial charge in [-0.2, -0.15) is 15.0 Å². The second-order valence-electron chi connectivity index (χ2n) is 7.28. The minimum absolute atomic E-state index is 0.0172. The van der Waals surface area contributed by atoms with Gasteiger partial charge in [-0.25, -0.2) is 0 Å². The van der Waals surface area contributed by atoms with Crippen LogP contribution in [0.15, 0.2) is 24.3 Å². The first-order valence-corrected chi connectivity index (χ1v) is 11.0. The maximum absolute atomic E-state index is 12.0. The molecule has 0 spiro atoms. The Labute approximate surface area is 191 Å². The molecule has 2 atom stereocenters. The summed E-state index contributed by atoms with van der Waals surface area (Å²) in [6.45, 7) is 3.67. The lowest BCUT2D eigenvalue weighted by Crippen LogP contribution is -2.54. The number of hydrogen-bond acceptors (Lipinski definition) is 8. The van der Waals surface area contributed by atoms with E-state index in [0.29, 0.717) is 48.9 Å². The Morgan fingerprint density at radius 1 is 1.26 bits per heavy atom. The van der Waals surface area contributed by atoms with Crippen molar-refractivity contribution in [3.63, 3.8) is 0 Å². The fraction of sp³-hybridized carbons (Fsp3) is 0.500. The van der Waals surface area contributed by atoms with Gasteiger partial charge in [0.2, 0.25) is 23.8 Å². The van der Waals surface area contributed by atoms with Crippen molar-refractivity contribution in [1.82, 2.24) is 19.9 Å². The van der Waals surface area contributed by atoms with Gasteiger partial charge in [0.1, 0.15) is 5.88 Å². The molecule has 11 heteroatoms. The number of nitrogens with one attached hydrogen (secondary N) is 2. The van der Waals surface area contributed by atoms with Gasteiger partial charge in [0.05, 0.1) is 6.04 Å². The molecule has 1 aliphatic rings. The molecule has 0 saturated carbocycles. The summed E-state index contributed by atoms with van der Waals surface area (Å²) in [7, 11) is 1.74. The first-order valence-electron chi connectivity index (χ1n) is 10.1. The number of hydrogen-bond donors (Lipinski definition) is 3. The fourth-order valence-electron chi connectivity index (χ4n) is 3.62. The molecule has 1 aliphatic heterocycles. The minimum Gasteiger partial charge on any atom is -0.396 e. The Hall–Kier alpha value is -2.36. The smallest absolute Gasteiger partial charge is 0.237 e. The van der Waals surface area contributed by atoms with E-state index in [-0.39, 0.29) is 30.5 Å². The number of amides is 1. The number of piperazine rings is 1. The number of anilines is 3. The van der Waals surface area contributed by atoms with Gasteiger partial charge in [-0.15, -0.1) is 11.6 Å². The predicted molar refractivity (Wildman–Crippen MR) is 123 cm³/mol. The molecule has 2 aromatic rings. The Morgan fingerprint density at radius 2 is 2.00 bits per heavy atom. The number of carbonyl (C=O) groups is 1. The monoisotopic (exact) mass is 467 g/mol. The highest BCUT2D eigenvalue weighted by Gasteiger charge is 2.29. The summed E-state index contributed by atoms with van der Waals surface area (Å²) in [5, 5.41) is 16.4. The lowest BCUT2D eigenvalue weighted by atomic mass is 10.0. The Morgan fingerprint density at radius 3 is 2.65 bits per heavy atom. The third kappa shape index (κ3) is 5.66. The number of aliphatic hydroxyl groups is 1. The number of nitrogens with zero attached hydrogens (tertiary/aromatic N) is 5. The van der Waals surface area contributed by atoms with Crippen LogP contribution < -0.4 is 15.5 Å². The average Bonchev–Trinajstić information content (AvgIpc) is 2.78. The van der Waals surface area contributed by atoms with Crippen LogP contribution in [0, 0.1) is 0 Å². The molecular weight excluding hydrogens is 441 g/mol. The van der Waals surface area contributed by atoms with E-state index in [1.165, 1.54) is 0 Å². The zero-order valence-corrected chi connectivity index (χ0v) is 19.1. The van der Waals surface area contributed by atoms with E-state index in [9.17, 15) is 9.90 Å². The summed E-state index contributed by atoms with van der Waals surface area (Å²) in [5.41, 5.74) is 0.855. The van der Waals surface area contributed by atoms with Gasteiger partial charge < -0.3 is 25.5 Å². The summed E-state index contributed by atoms with van der Waals surface area (Å²) >= 11 is 12.1. The topological polar surface area (TPSA) is 107 Å². The van der Waals surface area contributed by atoms with Crippen LogP contribution >= 0.6 is 23.2 Å². The maximum Gasteiger partial charge on any atom is 0.237 e. The predicted octanol–water partition coefficient (Wildman–Crippen LogP) is 2.38. The van der Waals surface area contributed by atoms with Crippen molar-refractivity contribution >= 4 is 47.0 Å². The Kier molecular flexibility index (Phi) is 8.11. The van der Waals surface area contributed by atoms with Crippen LogP contribution in [0.3, 0.4) is 0 Å². The molecule has 1 aromatic carbocycles. The fourth-order valence-corrected chi connectivity index (χ4v) is 4.04. The third-order valence-corrected chi connectivity index (χ3v) is 5.77. The van der Waals surface area contributed by atoms with Crippen LogP contribution in [-0.4, -0.2) is 76.1 Å². The molecule has 0 bridgehead atoms. The average molecular weight is 468 g/mol. The molecule has 3 rings (SSSR count). The lowest BCUT2D eigenvalue weighted by molar-refractivity contribution is -0.130. The van der Waals surface area contributed by atoms with Gasteiger partial charge in [-0.1, -0.05) is 29.8 Å². The number of aliphatic hydroxyl groups excluding tert-OH is 1. The van der Waals surface area contributed by atoms with Crippen LogP contribution in [-0.2, 0) is 4.79 Å². The van der Waals surface area contributed by atoms with Gasteiger partial charge in [0.15, 0.2) is 0 Å². The van der Waals surface area contributed by atoms with Crippen LogP contribution in [0.1, 0.15) is 24.9 Å². The van der Waals surface area contributed by atoms with E-state index < -0.39 is 0 Å². The molecule has 9 nitrogen and oxygen atoms in total. The molecule has 1 saturated heterocycles. The molecule has 1 aromatic heterocycles. The van der Waals surface area contributed by atoms with Crippen LogP contribution in [0.25, 0.3) is 0 Å². The van der Waals surface area contributed by atoms with Crippen molar-refractivity contribution < 1.29 is 9.90 Å². The number of halogens is 2. The number of aromatic nitrogens is 3. The second kappa shape index (κ2) is 10.8. The Balaban J connectivity index is 1.83. The highest BCUT2D eigenvalue weighted by Crippen LogP contribution is 2.28. The van der Waals surface area contributed by atoms with Crippen molar-refractivity contribution in [2.24, 2.45) is 0 Å². The van der Waals surface area contributed by atoms with Crippen molar-refractivity contribution in [2.75, 3.05) is 54.7 Å². The molecular formula is C20H27Cl2N7O2. The summed E-state index contributed by atoms with van der Waals surface area (Å²) < 4.78 is 0. The quantitative estimate of drug-likeness (QED) is 0.507. The molecule has 3 N–H and O–H groups in total. The number of carbonyl (C=O) groups excluding carboxylic acids is 1. The zero-order valence-electron chi connectivity index (χ0n) is 17.6. The molecule has 1 fully saturated rings. The maximum atomic E-state index is 12.0. The van der Waals surface area contributed by atoms with Crippen molar-refractivity contribution in [2.45, 2.75) is 25.4 Å². The van der Waals surface area contributed by atoms with E-state index in [2.05, 4.69) is 25.6 Å². The number of alkyl halides is 1. The first kappa shape index (κ1) is 23.3. The molecule has 31 heavy (non-hydrogen) atoms. The molecule has 0 radical (unpaired) electrons. The summed E-state index contributed by atoms with van der Waals surface area (Å²) in [6, 6.07) is 7.19. The highest BCUT2D eigenvalue weighted by molar-refractivity contribution is 6.31. The van der Waals surface area contributed by atoms with E-state index in [1.54, 1.807) is 11.9 Å². The van der Waals surface area contributed by atoms with Crippen molar-refractivity contribution in [3.8, 4) is 0 Å². The highest BCUT2D eigenvalue weighted by atomic mass is 35.5. The summed E-state index contributed by atoms with van der Waals surface area (Å²) in [4.78, 5) is 29.3. The van der Waals surface area contributed by atoms with Crippen LogP contribution in [0.4, 0.5) is 17.8 Å². The number of rotatable bonds is 8. The minimum atomic E-state index is -0.268. The standard InChI is InChI=1S/C20H27Cl2N7O2/c1-13-12-28(8-9-29(13)17(31)11-21)20-26-18(23-2)25-19(27-20)24-16(7-10-30)14-5-3-4-6-15(14)22/h3-6,13,16,30H,7-12H2,1-2H3,(H2,23,24,25,26,27). The normalized spacial score (nSPS) is 17.4. The number of benzene rings is 1. The molecule has 2 unspecified atom stereocenters. The van der Waals surface area contributed by atoms with E-state index in [4.69, 9.17) is 23.2 Å². The van der Waals surface area contributed by atoms with Gasteiger partial charge >= 0.3 is 0 Å². The van der Waals surface area contributed by atoms with Crippen LogP contribution in [0.2, 0.25) is 5.02 Å². The molecule has 168 valence electrons. The molecule has 1 amide bonds. The second-order valence-corrected chi connectivity index (χ2v) is 7.95. The van der Waals surface area contributed by atoms with Gasteiger partial charge in [-0.3, -0.25) is 4.79 Å². The van der Waals surface area contributed by atoms with E-state index >= 15 is 0 Å². The summed E-state index contributed by atoms with van der Waals surface area (Å²) in [6.07, 6.45) is 0.440. The summed E-state index contributed by atoms with van der Waals surface area (Å²) in [5.74, 6) is 1.20. The Bertz CT molecular complexity index is 902. The van der Waals surface area contributed by atoms with Gasteiger partial charge in [0, 0.05) is 44.4 Å². The first-order chi connectivity index (χ1) is 15.0. The van der Waals surface area contributed by atoms with Gasteiger partial charge in [0.25, 0.3) is 0 Å². The van der Waals surface area contributed by atoms with Crippen molar-refractivity contribution in [3.05, 3.63) is 34.9 Å². The molecule has 0 aliphatic carbocycles. The van der Waals surface area contributed by atoms with Crippen LogP contribution in [0.5, 0.6) is 0 Å². The zero-order chi connectivity index (χ0) is 22.4. The SMILES string of the molecule is CNc1nc(NC(CCO)c2ccccc2Cl)nc(N2CCN(C(=O)CCl)C(C)C2)n1. The van der Waals surface area contributed by atoms with E-state index in [1.807, 2.05) is 36.1 Å². The molecule has 2 heterocycles. The largest absolute Gasteiger partial charge is 0.396 e. The third-order valence-electron chi connectivity index (χ3n) is 5.19. The van der Waals surface area contributed by atoms with E-state index in [0.717, 1.165) is 5.56 Å². The lowest BCUT2D eigenvalue weighted by Gasteiger charge is -2.39.